The van der Waals surface area contributed by atoms with Crippen molar-refractivity contribution >= 4 is 23.1 Å². The molecular formula is C24H23FN2O4. The predicted molar refractivity (Wildman–Crippen MR) is 116 cm³/mol. The number of nitrogens with one attached hydrogen (secondary N) is 1. The summed E-state index contributed by atoms with van der Waals surface area (Å²) in [6.07, 6.45) is 2.60. The first-order valence-corrected chi connectivity index (χ1v) is 10.2. The molecule has 0 radical (unpaired) electrons. The van der Waals surface area contributed by atoms with E-state index >= 15 is 0 Å². The van der Waals surface area contributed by atoms with Gasteiger partial charge in [-0.3, -0.25) is 9.59 Å². The fraction of sp³-hybridized carbons (Fsp3) is 0.292. The molecule has 1 fully saturated rings. The van der Waals surface area contributed by atoms with E-state index in [-0.39, 0.29) is 23.7 Å². The van der Waals surface area contributed by atoms with Crippen molar-refractivity contribution < 1.29 is 19.0 Å². The van der Waals surface area contributed by atoms with Gasteiger partial charge in [0.15, 0.2) is 0 Å². The number of halogens is 1. The van der Waals surface area contributed by atoms with Crippen molar-refractivity contribution in [1.29, 1.82) is 0 Å². The highest BCUT2D eigenvalue weighted by atomic mass is 19.1. The molecule has 4 rings (SSSR count). The number of esters is 1. The van der Waals surface area contributed by atoms with Crippen molar-refractivity contribution in [3.8, 4) is 11.1 Å². The van der Waals surface area contributed by atoms with Crippen LogP contribution in [-0.2, 0) is 9.53 Å². The van der Waals surface area contributed by atoms with Crippen LogP contribution in [0, 0.1) is 5.82 Å². The van der Waals surface area contributed by atoms with Crippen molar-refractivity contribution in [3.63, 3.8) is 0 Å². The zero-order valence-corrected chi connectivity index (χ0v) is 17.3. The minimum Gasteiger partial charge on any atom is -0.458 e. The van der Waals surface area contributed by atoms with E-state index in [4.69, 9.17) is 9.72 Å². The maximum absolute atomic E-state index is 13.6. The molecular weight excluding hydrogens is 399 g/mol. The first-order valence-electron chi connectivity index (χ1n) is 10.2. The van der Waals surface area contributed by atoms with Gasteiger partial charge in [0.05, 0.1) is 18.2 Å². The van der Waals surface area contributed by atoms with E-state index in [1.54, 1.807) is 24.3 Å². The average molecular weight is 422 g/mol. The Morgan fingerprint density at radius 3 is 2.61 bits per heavy atom. The van der Waals surface area contributed by atoms with Crippen LogP contribution in [0.2, 0.25) is 0 Å². The molecule has 2 aromatic heterocycles. The number of rotatable bonds is 4. The lowest BCUT2D eigenvalue weighted by atomic mass is 9.91. The highest BCUT2D eigenvalue weighted by molar-refractivity contribution is 5.98. The molecule has 0 spiro atoms. The first-order chi connectivity index (χ1) is 14.8. The van der Waals surface area contributed by atoms with Gasteiger partial charge >= 0.3 is 5.97 Å². The van der Waals surface area contributed by atoms with Crippen molar-refractivity contribution in [2.45, 2.75) is 44.8 Å². The summed E-state index contributed by atoms with van der Waals surface area (Å²) in [4.78, 5) is 31.1. The van der Waals surface area contributed by atoms with Crippen LogP contribution in [0.4, 0.5) is 4.39 Å². The third-order valence-electron chi connectivity index (χ3n) is 5.29. The number of carbonyl (C=O) groups excluding carboxylic acids is 1. The van der Waals surface area contributed by atoms with Gasteiger partial charge in [0.2, 0.25) is 5.56 Å². The number of aliphatic hydroxyl groups excluding tert-OH is 1. The van der Waals surface area contributed by atoms with Gasteiger partial charge in [-0.15, -0.1) is 0 Å². The molecule has 0 amide bonds. The Morgan fingerprint density at radius 1 is 1.19 bits per heavy atom. The molecule has 0 aliphatic carbocycles. The van der Waals surface area contributed by atoms with Crippen LogP contribution in [0.1, 0.15) is 43.9 Å². The van der Waals surface area contributed by atoms with E-state index < -0.39 is 18.2 Å². The SMILES string of the molecule is CC(C)c1nc2[nH]c(=O)ccc2c(-c2ccc(F)cc2)c1/C=C/C1CC(O)CC(=O)O1. The zero-order valence-electron chi connectivity index (χ0n) is 17.3. The summed E-state index contributed by atoms with van der Waals surface area (Å²) in [6, 6.07) is 9.26. The number of fused-ring (bicyclic) bond motifs is 1. The largest absolute Gasteiger partial charge is 0.458 e. The molecule has 7 heteroatoms. The summed E-state index contributed by atoms with van der Waals surface area (Å²) in [6.45, 7) is 3.98. The molecule has 3 heterocycles. The van der Waals surface area contributed by atoms with Gasteiger partial charge in [-0.25, -0.2) is 9.37 Å². The molecule has 1 aliphatic rings. The van der Waals surface area contributed by atoms with Crippen LogP contribution in [0.3, 0.4) is 0 Å². The van der Waals surface area contributed by atoms with Gasteiger partial charge in [0.1, 0.15) is 17.6 Å². The topological polar surface area (TPSA) is 92.3 Å². The van der Waals surface area contributed by atoms with E-state index in [0.717, 1.165) is 27.8 Å². The lowest BCUT2D eigenvalue weighted by Gasteiger charge is -2.24. The number of aromatic nitrogens is 2. The number of hydrogen-bond acceptors (Lipinski definition) is 5. The van der Waals surface area contributed by atoms with Gasteiger partial charge in [0, 0.05) is 29.0 Å². The lowest BCUT2D eigenvalue weighted by Crippen LogP contribution is -2.31. The maximum atomic E-state index is 13.6. The second-order valence-electron chi connectivity index (χ2n) is 8.01. The fourth-order valence-corrected chi connectivity index (χ4v) is 3.87. The van der Waals surface area contributed by atoms with Gasteiger partial charge in [0.25, 0.3) is 0 Å². The Morgan fingerprint density at radius 2 is 1.94 bits per heavy atom. The van der Waals surface area contributed by atoms with E-state index in [2.05, 4.69) is 4.98 Å². The van der Waals surface area contributed by atoms with Crippen LogP contribution in [0.15, 0.2) is 47.3 Å². The molecule has 1 saturated heterocycles. The van der Waals surface area contributed by atoms with Crippen LogP contribution >= 0.6 is 0 Å². The second-order valence-corrected chi connectivity index (χ2v) is 8.01. The monoisotopic (exact) mass is 422 g/mol. The maximum Gasteiger partial charge on any atom is 0.309 e. The smallest absolute Gasteiger partial charge is 0.309 e. The Hall–Kier alpha value is -3.32. The first kappa shape index (κ1) is 20.9. The summed E-state index contributed by atoms with van der Waals surface area (Å²) in [5.74, 6) is -0.767. The molecule has 2 unspecified atom stereocenters. The normalized spacial score (nSPS) is 19.3. The van der Waals surface area contributed by atoms with Crippen LogP contribution < -0.4 is 5.56 Å². The summed E-state index contributed by atoms with van der Waals surface area (Å²) >= 11 is 0. The molecule has 1 aromatic carbocycles. The van der Waals surface area contributed by atoms with Crippen molar-refractivity contribution in [2.75, 3.05) is 0 Å². The van der Waals surface area contributed by atoms with Crippen molar-refractivity contribution in [3.05, 3.63) is 69.9 Å². The Kier molecular flexibility index (Phi) is 5.69. The number of aromatic amines is 1. The third-order valence-corrected chi connectivity index (χ3v) is 5.29. The van der Waals surface area contributed by atoms with Crippen molar-refractivity contribution in [2.24, 2.45) is 0 Å². The van der Waals surface area contributed by atoms with E-state index in [0.29, 0.717) is 12.1 Å². The number of aliphatic hydroxyl groups is 1. The molecule has 6 nitrogen and oxygen atoms in total. The molecule has 0 saturated carbocycles. The summed E-state index contributed by atoms with van der Waals surface area (Å²) in [7, 11) is 0. The van der Waals surface area contributed by atoms with Crippen LogP contribution in [-0.4, -0.2) is 33.3 Å². The minimum absolute atomic E-state index is 0.00664. The standard InChI is InChI=1S/C24H23FN2O4/c1-13(2)23-18(8-7-17-11-16(28)12-21(30)31-17)22(14-3-5-15(25)6-4-14)19-9-10-20(29)26-24(19)27-23/h3-10,13,16-17,28H,11-12H2,1-2H3,(H,26,27,29)/b8-7+. The number of pyridine rings is 2. The van der Waals surface area contributed by atoms with E-state index in [1.165, 1.54) is 18.2 Å². The van der Waals surface area contributed by atoms with E-state index in [1.807, 2.05) is 19.9 Å². The van der Waals surface area contributed by atoms with E-state index in [9.17, 15) is 19.1 Å². The average Bonchev–Trinajstić information content (AvgIpc) is 2.71. The van der Waals surface area contributed by atoms with Gasteiger partial charge in [-0.05, 0) is 35.8 Å². The Balaban J connectivity index is 1.94. The number of ether oxygens (including phenoxy) is 1. The quantitative estimate of drug-likeness (QED) is 0.622. The van der Waals surface area contributed by atoms with Crippen LogP contribution in [0.25, 0.3) is 28.2 Å². The molecule has 2 N–H and O–H groups in total. The molecule has 31 heavy (non-hydrogen) atoms. The number of cyclic esters (lactones) is 1. The van der Waals surface area contributed by atoms with Gasteiger partial charge in [-0.2, -0.15) is 0 Å². The molecule has 1 aliphatic heterocycles. The number of benzene rings is 1. The number of carbonyl (C=O) groups is 1. The zero-order chi connectivity index (χ0) is 22.1. The van der Waals surface area contributed by atoms with Gasteiger partial charge < -0.3 is 14.8 Å². The molecule has 3 aromatic rings. The summed E-state index contributed by atoms with van der Waals surface area (Å²) in [5.41, 5.74) is 3.29. The highest BCUT2D eigenvalue weighted by Gasteiger charge is 2.26. The third kappa shape index (κ3) is 4.41. The molecule has 2 atom stereocenters. The summed E-state index contributed by atoms with van der Waals surface area (Å²) < 4.78 is 18.9. The van der Waals surface area contributed by atoms with Crippen LogP contribution in [0.5, 0.6) is 0 Å². The fourth-order valence-electron chi connectivity index (χ4n) is 3.87. The number of hydrogen-bond donors (Lipinski definition) is 2. The number of H-pyrrole nitrogens is 1. The van der Waals surface area contributed by atoms with Crippen molar-refractivity contribution in [1.82, 2.24) is 9.97 Å². The Bertz CT molecular complexity index is 1210. The lowest BCUT2D eigenvalue weighted by molar-refractivity contribution is -0.156. The number of nitrogens with zero attached hydrogens (tertiary/aromatic N) is 1. The molecule has 0 bridgehead atoms. The minimum atomic E-state index is -0.739. The molecule has 160 valence electrons. The van der Waals surface area contributed by atoms with Gasteiger partial charge in [-0.1, -0.05) is 32.1 Å². The summed E-state index contributed by atoms with van der Waals surface area (Å²) in [5, 5.41) is 10.6. The highest BCUT2D eigenvalue weighted by Crippen LogP contribution is 2.36. The Labute approximate surface area is 178 Å². The predicted octanol–water partition coefficient (Wildman–Crippen LogP) is 3.93. The second kappa shape index (κ2) is 8.43.